The van der Waals surface area contributed by atoms with Gasteiger partial charge in [0.25, 0.3) is 11.4 Å². The van der Waals surface area contributed by atoms with Gasteiger partial charge in [0.2, 0.25) is 5.91 Å². The lowest BCUT2D eigenvalue weighted by Crippen LogP contribution is -2.43. The highest BCUT2D eigenvalue weighted by molar-refractivity contribution is 7.92. The number of carbonyl (C=O) groups excluding carboxylic acids is 1. The maximum absolute atomic E-state index is 12.3. The van der Waals surface area contributed by atoms with Gasteiger partial charge >= 0.3 is 0 Å². The van der Waals surface area contributed by atoms with Crippen LogP contribution in [0.15, 0.2) is 23.1 Å². The summed E-state index contributed by atoms with van der Waals surface area (Å²) in [6, 6.07) is 2.18. The van der Waals surface area contributed by atoms with Crippen molar-refractivity contribution in [1.82, 2.24) is 4.90 Å². The van der Waals surface area contributed by atoms with Gasteiger partial charge in [0, 0.05) is 19.2 Å². The van der Waals surface area contributed by atoms with E-state index in [2.05, 4.69) is 0 Å². The summed E-state index contributed by atoms with van der Waals surface area (Å²) in [5.41, 5.74) is -1.54. The Morgan fingerprint density at radius 2 is 1.79 bits per heavy atom. The number of carbonyl (C=O) groups is 1. The van der Waals surface area contributed by atoms with Crippen LogP contribution in [0.5, 0.6) is 0 Å². The Hall–Kier alpha value is -2.60. The van der Waals surface area contributed by atoms with Gasteiger partial charge in [-0.15, -0.1) is 0 Å². The molecule has 1 saturated heterocycles. The molecule has 2 rings (SSSR count). The first-order valence-corrected chi connectivity index (χ1v) is 8.39. The van der Waals surface area contributed by atoms with E-state index >= 15 is 0 Å². The molecule has 11 nitrogen and oxygen atoms in total. The Kier molecular flexibility index (Phi) is 5.09. The third-order valence-electron chi connectivity index (χ3n) is 3.36. The molecule has 1 aliphatic rings. The van der Waals surface area contributed by atoms with Gasteiger partial charge < -0.3 is 9.64 Å². The molecule has 0 unspecified atom stereocenters. The van der Waals surface area contributed by atoms with E-state index in [0.29, 0.717) is 6.07 Å². The van der Waals surface area contributed by atoms with Gasteiger partial charge in [-0.05, 0) is 6.07 Å². The van der Waals surface area contributed by atoms with E-state index in [0.717, 1.165) is 12.1 Å². The highest BCUT2D eigenvalue weighted by Crippen LogP contribution is 2.29. The van der Waals surface area contributed by atoms with Crippen molar-refractivity contribution in [3.8, 4) is 0 Å². The number of hydrogen-bond acceptors (Lipinski definition) is 8. The summed E-state index contributed by atoms with van der Waals surface area (Å²) >= 11 is 0. The minimum Gasteiger partial charge on any atom is -0.378 e. The van der Waals surface area contributed by atoms with Gasteiger partial charge in [0.05, 0.1) is 29.1 Å². The lowest BCUT2D eigenvalue weighted by molar-refractivity contribution is -0.396. The van der Waals surface area contributed by atoms with Gasteiger partial charge in [-0.25, -0.2) is 8.42 Å². The number of hydrogen-bond donors (Lipinski definition) is 0. The molecule has 0 spiro atoms. The van der Waals surface area contributed by atoms with Crippen LogP contribution in [0.25, 0.3) is 0 Å². The zero-order chi connectivity index (χ0) is 17.9. The van der Waals surface area contributed by atoms with Crippen molar-refractivity contribution in [1.29, 1.82) is 0 Å². The van der Waals surface area contributed by atoms with Gasteiger partial charge in [0.15, 0.2) is 9.84 Å². The summed E-state index contributed by atoms with van der Waals surface area (Å²) in [5, 5.41) is 21.7. The van der Waals surface area contributed by atoms with Crippen LogP contribution in [-0.2, 0) is 19.4 Å². The molecular weight excluding hydrogens is 346 g/mol. The smallest absolute Gasteiger partial charge is 0.294 e. The quantitative estimate of drug-likeness (QED) is 0.532. The third-order valence-corrected chi connectivity index (χ3v) is 5.00. The molecule has 1 amide bonds. The van der Waals surface area contributed by atoms with Crippen molar-refractivity contribution in [2.45, 2.75) is 4.90 Å². The fourth-order valence-corrected chi connectivity index (χ4v) is 3.56. The highest BCUT2D eigenvalue weighted by atomic mass is 32.2. The molecule has 0 aliphatic carbocycles. The second kappa shape index (κ2) is 6.88. The molecule has 1 aromatic rings. The molecule has 24 heavy (non-hydrogen) atoms. The van der Waals surface area contributed by atoms with E-state index in [9.17, 15) is 33.4 Å². The Morgan fingerprint density at radius 1 is 1.17 bits per heavy atom. The molecule has 1 aliphatic heterocycles. The van der Waals surface area contributed by atoms with Crippen molar-refractivity contribution in [2.75, 3.05) is 32.1 Å². The first-order valence-electron chi connectivity index (χ1n) is 6.73. The number of nitrogens with zero attached hydrogens (tertiary/aromatic N) is 3. The Balaban J connectivity index is 2.32. The fraction of sp³-hybridized carbons (Fsp3) is 0.417. The molecule has 130 valence electrons. The highest BCUT2D eigenvalue weighted by Gasteiger charge is 2.32. The monoisotopic (exact) mass is 359 g/mol. The normalized spacial score (nSPS) is 15.1. The molecule has 12 heteroatoms. The van der Waals surface area contributed by atoms with Crippen molar-refractivity contribution in [2.24, 2.45) is 0 Å². The van der Waals surface area contributed by atoms with E-state index in [1.165, 1.54) is 4.90 Å². The predicted molar refractivity (Wildman–Crippen MR) is 79.2 cm³/mol. The molecule has 0 bridgehead atoms. The van der Waals surface area contributed by atoms with Gasteiger partial charge in [-0.2, -0.15) is 0 Å². The molecule has 0 atom stereocenters. The second-order valence-corrected chi connectivity index (χ2v) is 6.88. The summed E-state index contributed by atoms with van der Waals surface area (Å²) in [6.45, 7) is 1.03. The van der Waals surface area contributed by atoms with Crippen LogP contribution in [0.2, 0.25) is 0 Å². The first-order chi connectivity index (χ1) is 11.2. The summed E-state index contributed by atoms with van der Waals surface area (Å²) in [7, 11) is -4.32. The average molecular weight is 359 g/mol. The van der Waals surface area contributed by atoms with Crippen LogP contribution in [-0.4, -0.2) is 61.1 Å². The Bertz CT molecular complexity index is 785. The molecule has 1 fully saturated rings. The third kappa shape index (κ3) is 3.83. The number of non-ortho nitro benzene ring substituents is 1. The van der Waals surface area contributed by atoms with Crippen LogP contribution >= 0.6 is 0 Å². The van der Waals surface area contributed by atoms with Crippen molar-refractivity contribution in [3.05, 3.63) is 38.4 Å². The number of ether oxygens (including phenoxy) is 1. The maximum Gasteiger partial charge on any atom is 0.294 e. The number of amides is 1. The minimum atomic E-state index is -4.32. The lowest BCUT2D eigenvalue weighted by Gasteiger charge is -2.26. The lowest BCUT2D eigenvalue weighted by atomic mass is 10.3. The number of benzene rings is 1. The van der Waals surface area contributed by atoms with Crippen LogP contribution in [0.4, 0.5) is 11.4 Å². The molecule has 0 aromatic heterocycles. The van der Waals surface area contributed by atoms with E-state index < -0.39 is 47.6 Å². The number of morpholine rings is 1. The zero-order valence-electron chi connectivity index (χ0n) is 12.3. The molecule has 1 aromatic carbocycles. The van der Waals surface area contributed by atoms with Gasteiger partial charge in [0.1, 0.15) is 10.6 Å². The number of sulfone groups is 1. The second-order valence-electron chi connectivity index (χ2n) is 4.92. The Morgan fingerprint density at radius 3 is 2.33 bits per heavy atom. The van der Waals surface area contributed by atoms with E-state index in [-0.39, 0.29) is 26.3 Å². The van der Waals surface area contributed by atoms with Gasteiger partial charge in [-0.1, -0.05) is 0 Å². The van der Waals surface area contributed by atoms with Crippen molar-refractivity contribution >= 4 is 27.1 Å². The van der Waals surface area contributed by atoms with Crippen LogP contribution in [0.3, 0.4) is 0 Å². The number of rotatable bonds is 5. The first kappa shape index (κ1) is 17.7. The average Bonchev–Trinajstić information content (AvgIpc) is 2.54. The molecule has 0 radical (unpaired) electrons. The van der Waals surface area contributed by atoms with Gasteiger partial charge in [-0.3, -0.25) is 25.0 Å². The Labute approximate surface area is 136 Å². The summed E-state index contributed by atoms with van der Waals surface area (Å²) in [4.78, 5) is 32.4. The SMILES string of the molecule is O=C(CS(=O)(=O)c1ccc([N+](=O)[O-])cc1[N+](=O)[O-])N1CCOCC1. The van der Waals surface area contributed by atoms with Crippen molar-refractivity contribution < 1.29 is 27.8 Å². The largest absolute Gasteiger partial charge is 0.378 e. The summed E-state index contributed by atoms with van der Waals surface area (Å²) in [6.07, 6.45) is 0. The topological polar surface area (TPSA) is 150 Å². The molecular formula is C12H13N3O8S. The molecule has 1 heterocycles. The van der Waals surface area contributed by atoms with E-state index in [4.69, 9.17) is 4.74 Å². The standard InChI is InChI=1S/C12H13N3O8S/c16-12(13-3-5-23-6-4-13)8-24(21,22)11-2-1-9(14(17)18)7-10(11)15(19)20/h1-2,7H,3-6,8H2. The van der Waals surface area contributed by atoms with Crippen LogP contribution in [0.1, 0.15) is 0 Å². The van der Waals surface area contributed by atoms with Crippen molar-refractivity contribution in [3.63, 3.8) is 0 Å². The minimum absolute atomic E-state index is 0.233. The van der Waals surface area contributed by atoms with E-state index in [1.54, 1.807) is 0 Å². The number of nitro groups is 2. The molecule has 0 N–H and O–H groups in total. The fourth-order valence-electron chi connectivity index (χ4n) is 2.17. The summed E-state index contributed by atoms with van der Waals surface area (Å²) in [5.74, 6) is -1.66. The summed E-state index contributed by atoms with van der Waals surface area (Å²) < 4.78 is 29.7. The predicted octanol–water partition coefficient (Wildman–Crippen LogP) is 0.136. The van der Waals surface area contributed by atoms with E-state index in [1.807, 2.05) is 0 Å². The van der Waals surface area contributed by atoms with Crippen LogP contribution < -0.4 is 0 Å². The number of nitro benzene ring substituents is 2. The molecule has 0 saturated carbocycles. The zero-order valence-corrected chi connectivity index (χ0v) is 13.1. The maximum atomic E-state index is 12.3. The van der Waals surface area contributed by atoms with Crippen LogP contribution in [0, 0.1) is 20.2 Å².